The fourth-order valence-electron chi connectivity index (χ4n) is 2.56. The monoisotopic (exact) mass is 347 g/mol. The quantitative estimate of drug-likeness (QED) is 0.569. The SMILES string of the molecule is CN/C=C\N(C)C/C=N/N(C)c1ccc(N2CCOCC2)cc1OC. The summed E-state index contributed by atoms with van der Waals surface area (Å²) in [6, 6.07) is 6.22. The first-order valence-electron chi connectivity index (χ1n) is 8.46. The molecule has 0 aliphatic carbocycles. The van der Waals surface area contributed by atoms with Crippen molar-refractivity contribution in [2.24, 2.45) is 5.10 Å². The van der Waals surface area contributed by atoms with Gasteiger partial charge in [0.25, 0.3) is 0 Å². The number of hydrogen-bond acceptors (Lipinski definition) is 7. The Morgan fingerprint density at radius 2 is 2.08 bits per heavy atom. The number of hydrogen-bond donors (Lipinski definition) is 1. The van der Waals surface area contributed by atoms with Crippen LogP contribution >= 0.6 is 0 Å². The van der Waals surface area contributed by atoms with E-state index in [0.717, 1.165) is 50.0 Å². The van der Waals surface area contributed by atoms with Crippen molar-refractivity contribution in [2.45, 2.75) is 0 Å². The van der Waals surface area contributed by atoms with Gasteiger partial charge in [0, 0.05) is 64.6 Å². The van der Waals surface area contributed by atoms with Gasteiger partial charge < -0.3 is 24.6 Å². The first kappa shape index (κ1) is 18.9. The molecule has 1 N–H and O–H groups in total. The Morgan fingerprint density at radius 3 is 2.76 bits per heavy atom. The van der Waals surface area contributed by atoms with Crippen LogP contribution in [0.5, 0.6) is 5.75 Å². The van der Waals surface area contributed by atoms with E-state index in [1.807, 2.05) is 55.7 Å². The van der Waals surface area contributed by atoms with Crippen molar-refractivity contribution in [3.05, 3.63) is 30.6 Å². The van der Waals surface area contributed by atoms with Gasteiger partial charge in [-0.2, -0.15) is 5.10 Å². The molecule has 1 heterocycles. The summed E-state index contributed by atoms with van der Waals surface area (Å²) in [7, 11) is 7.48. The van der Waals surface area contributed by atoms with E-state index in [1.165, 1.54) is 0 Å². The van der Waals surface area contributed by atoms with E-state index in [2.05, 4.69) is 27.5 Å². The highest BCUT2D eigenvalue weighted by atomic mass is 16.5. The van der Waals surface area contributed by atoms with Gasteiger partial charge in [-0.25, -0.2) is 0 Å². The van der Waals surface area contributed by atoms with Crippen LogP contribution in [-0.4, -0.2) is 72.2 Å². The number of morpholine rings is 1. The van der Waals surface area contributed by atoms with Gasteiger partial charge in [-0.3, -0.25) is 5.01 Å². The highest BCUT2D eigenvalue weighted by molar-refractivity contribution is 5.68. The zero-order chi connectivity index (χ0) is 18.1. The summed E-state index contributed by atoms with van der Waals surface area (Å²) >= 11 is 0. The maximum Gasteiger partial charge on any atom is 0.146 e. The van der Waals surface area contributed by atoms with Gasteiger partial charge in [0.05, 0.1) is 26.9 Å². The summed E-state index contributed by atoms with van der Waals surface area (Å²) in [5.41, 5.74) is 2.09. The third-order valence-corrected chi connectivity index (χ3v) is 4.01. The average molecular weight is 347 g/mol. The zero-order valence-corrected chi connectivity index (χ0v) is 15.6. The normalized spacial score (nSPS) is 15.0. The Labute approximate surface area is 150 Å². The van der Waals surface area contributed by atoms with Crippen LogP contribution in [-0.2, 0) is 4.74 Å². The summed E-state index contributed by atoms with van der Waals surface area (Å²) in [4.78, 5) is 4.34. The predicted octanol–water partition coefficient (Wildman–Crippen LogP) is 1.58. The highest BCUT2D eigenvalue weighted by Gasteiger charge is 2.14. The van der Waals surface area contributed by atoms with E-state index in [0.29, 0.717) is 0 Å². The third kappa shape index (κ3) is 5.56. The second-order valence-corrected chi connectivity index (χ2v) is 5.82. The summed E-state index contributed by atoms with van der Waals surface area (Å²) in [6.45, 7) is 4.07. The first-order valence-corrected chi connectivity index (χ1v) is 8.46. The second-order valence-electron chi connectivity index (χ2n) is 5.82. The Kier molecular flexibility index (Phi) is 7.40. The molecule has 2 rings (SSSR count). The van der Waals surface area contributed by atoms with Crippen LogP contribution in [0, 0.1) is 0 Å². The molecule has 0 aromatic heterocycles. The van der Waals surface area contributed by atoms with Crippen LogP contribution in [0.1, 0.15) is 0 Å². The molecule has 0 atom stereocenters. The Bertz CT molecular complexity index is 585. The Hall–Kier alpha value is -2.41. The molecule has 1 aliphatic rings. The van der Waals surface area contributed by atoms with Crippen molar-refractivity contribution in [1.29, 1.82) is 0 Å². The molecule has 0 saturated carbocycles. The van der Waals surface area contributed by atoms with E-state index in [4.69, 9.17) is 9.47 Å². The fourth-order valence-corrected chi connectivity index (χ4v) is 2.56. The van der Waals surface area contributed by atoms with Crippen molar-refractivity contribution in [2.75, 3.05) is 71.0 Å². The fraction of sp³-hybridized carbons (Fsp3) is 0.500. The van der Waals surface area contributed by atoms with E-state index in [9.17, 15) is 0 Å². The molecule has 1 aromatic carbocycles. The van der Waals surface area contributed by atoms with Crippen LogP contribution in [0.4, 0.5) is 11.4 Å². The summed E-state index contributed by atoms with van der Waals surface area (Å²) < 4.78 is 11.0. The molecule has 1 saturated heterocycles. The molecule has 1 aromatic rings. The largest absolute Gasteiger partial charge is 0.494 e. The first-order chi connectivity index (χ1) is 12.2. The number of nitrogens with one attached hydrogen (secondary N) is 1. The van der Waals surface area contributed by atoms with E-state index in [-0.39, 0.29) is 0 Å². The Balaban J connectivity index is 2.03. The number of nitrogens with zero attached hydrogens (tertiary/aromatic N) is 4. The molecule has 7 heteroatoms. The van der Waals surface area contributed by atoms with Crippen molar-refractivity contribution in [3.63, 3.8) is 0 Å². The van der Waals surface area contributed by atoms with Crippen molar-refractivity contribution in [1.82, 2.24) is 10.2 Å². The maximum absolute atomic E-state index is 5.58. The van der Waals surface area contributed by atoms with Crippen LogP contribution in [0.15, 0.2) is 35.7 Å². The Morgan fingerprint density at radius 1 is 1.32 bits per heavy atom. The zero-order valence-electron chi connectivity index (χ0n) is 15.6. The van der Waals surface area contributed by atoms with E-state index >= 15 is 0 Å². The molecule has 1 aliphatic heterocycles. The maximum atomic E-state index is 5.58. The second kappa shape index (κ2) is 9.78. The molecule has 138 valence electrons. The molecule has 7 nitrogen and oxygen atoms in total. The lowest BCUT2D eigenvalue weighted by Gasteiger charge is -2.29. The van der Waals surface area contributed by atoms with Crippen LogP contribution in [0.25, 0.3) is 0 Å². The van der Waals surface area contributed by atoms with Crippen molar-refractivity contribution in [3.8, 4) is 5.75 Å². The van der Waals surface area contributed by atoms with Crippen LogP contribution in [0.2, 0.25) is 0 Å². The predicted molar refractivity (Wildman–Crippen MR) is 104 cm³/mol. The molecule has 0 radical (unpaired) electrons. The number of benzene rings is 1. The number of methoxy groups -OCH3 is 1. The van der Waals surface area contributed by atoms with E-state index < -0.39 is 0 Å². The minimum Gasteiger partial charge on any atom is -0.494 e. The van der Waals surface area contributed by atoms with E-state index in [1.54, 1.807) is 7.11 Å². The third-order valence-electron chi connectivity index (χ3n) is 4.01. The van der Waals surface area contributed by atoms with Gasteiger partial charge in [-0.1, -0.05) is 0 Å². The molecule has 0 amide bonds. The van der Waals surface area contributed by atoms with Gasteiger partial charge in [-0.15, -0.1) is 0 Å². The summed E-state index contributed by atoms with van der Waals surface area (Å²) in [6.07, 6.45) is 5.71. The molecule has 1 fully saturated rings. The average Bonchev–Trinajstić information content (AvgIpc) is 2.66. The number of rotatable bonds is 8. The number of hydrazone groups is 1. The molecule has 0 spiro atoms. The lowest BCUT2D eigenvalue weighted by molar-refractivity contribution is 0.122. The van der Waals surface area contributed by atoms with Gasteiger partial charge in [0.1, 0.15) is 11.4 Å². The lowest BCUT2D eigenvalue weighted by Crippen LogP contribution is -2.36. The van der Waals surface area contributed by atoms with Gasteiger partial charge in [0.15, 0.2) is 0 Å². The molecular formula is C18H29N5O2. The molecule has 25 heavy (non-hydrogen) atoms. The minimum absolute atomic E-state index is 0.719. The van der Waals surface area contributed by atoms with Crippen LogP contribution in [0.3, 0.4) is 0 Å². The highest BCUT2D eigenvalue weighted by Crippen LogP contribution is 2.32. The van der Waals surface area contributed by atoms with Gasteiger partial charge in [0.2, 0.25) is 0 Å². The molecule has 0 bridgehead atoms. The minimum atomic E-state index is 0.719. The molecule has 0 unspecified atom stereocenters. The summed E-state index contributed by atoms with van der Waals surface area (Å²) in [5.74, 6) is 0.812. The lowest BCUT2D eigenvalue weighted by atomic mass is 10.2. The topological polar surface area (TPSA) is 52.6 Å². The van der Waals surface area contributed by atoms with Gasteiger partial charge in [-0.05, 0) is 12.1 Å². The standard InChI is InChI=1S/C18H29N5O2/c1-19-7-9-21(2)10-8-20-22(3)17-6-5-16(15-18(17)24-4)23-11-13-25-14-12-23/h5-9,15,19H,10-14H2,1-4H3/b9-7-,20-8+. The van der Waals surface area contributed by atoms with Crippen molar-refractivity contribution < 1.29 is 9.47 Å². The number of anilines is 2. The van der Waals surface area contributed by atoms with Gasteiger partial charge >= 0.3 is 0 Å². The summed E-state index contributed by atoms with van der Waals surface area (Å²) in [5, 5.41) is 9.29. The number of ether oxygens (including phenoxy) is 2. The smallest absolute Gasteiger partial charge is 0.146 e. The molecular weight excluding hydrogens is 318 g/mol. The van der Waals surface area contributed by atoms with Crippen molar-refractivity contribution >= 4 is 17.6 Å². The van der Waals surface area contributed by atoms with Crippen LogP contribution < -0.4 is 20.0 Å².